The first kappa shape index (κ1) is 14.3. The van der Waals surface area contributed by atoms with E-state index in [-0.39, 0.29) is 11.5 Å². The van der Waals surface area contributed by atoms with E-state index in [0.717, 1.165) is 0 Å². The van der Waals surface area contributed by atoms with Crippen molar-refractivity contribution in [2.24, 2.45) is 5.73 Å². The van der Waals surface area contributed by atoms with E-state index in [2.05, 4.69) is 75.4 Å². The Morgan fingerprint density at radius 2 is 1.62 bits per heavy atom. The van der Waals surface area contributed by atoms with E-state index in [1.54, 1.807) is 0 Å². The van der Waals surface area contributed by atoms with Gasteiger partial charge in [-0.25, -0.2) is 0 Å². The number of hydrogen-bond donors (Lipinski definition) is 1. The molecule has 3 aromatic rings. The Morgan fingerprint density at radius 3 is 2.33 bits per heavy atom. The number of fused-ring (bicyclic) bond motifs is 1. The number of hydrogen-bond acceptors (Lipinski definition) is 2. The van der Waals surface area contributed by atoms with Gasteiger partial charge in [0.1, 0.15) is 0 Å². The zero-order valence-corrected chi connectivity index (χ0v) is 13.6. The van der Waals surface area contributed by atoms with Crippen LogP contribution in [0.3, 0.4) is 0 Å². The molecule has 0 amide bonds. The molecular formula is C19H21NS. The van der Waals surface area contributed by atoms with E-state index in [9.17, 15) is 0 Å². The van der Waals surface area contributed by atoms with Gasteiger partial charge >= 0.3 is 0 Å². The molecule has 0 saturated carbocycles. The molecule has 0 bridgehead atoms. The number of thiophene rings is 1. The summed E-state index contributed by atoms with van der Waals surface area (Å²) in [6.45, 7) is 6.73. The molecule has 21 heavy (non-hydrogen) atoms. The normalized spacial score (nSPS) is 13.5. The molecule has 0 radical (unpaired) electrons. The van der Waals surface area contributed by atoms with Crippen LogP contribution in [0.5, 0.6) is 0 Å². The van der Waals surface area contributed by atoms with Gasteiger partial charge in [-0.15, -0.1) is 11.3 Å². The highest BCUT2D eigenvalue weighted by Gasteiger charge is 2.19. The Kier molecular flexibility index (Phi) is 3.60. The lowest BCUT2D eigenvalue weighted by Crippen LogP contribution is -2.11. The van der Waals surface area contributed by atoms with E-state index < -0.39 is 0 Å². The number of nitrogens with two attached hydrogens (primary N) is 1. The second-order valence-electron chi connectivity index (χ2n) is 6.50. The maximum atomic E-state index is 6.55. The molecule has 0 aliphatic heterocycles. The maximum absolute atomic E-state index is 6.55. The van der Waals surface area contributed by atoms with Crippen molar-refractivity contribution in [1.29, 1.82) is 0 Å². The van der Waals surface area contributed by atoms with E-state index in [0.29, 0.717) is 0 Å². The summed E-state index contributed by atoms with van der Waals surface area (Å²) in [5.41, 5.74) is 7.94. The summed E-state index contributed by atoms with van der Waals surface area (Å²) in [5, 5.41) is 2.50. The van der Waals surface area contributed by atoms with Crippen molar-refractivity contribution in [2.45, 2.75) is 32.2 Å². The van der Waals surface area contributed by atoms with E-state index in [4.69, 9.17) is 5.73 Å². The summed E-state index contributed by atoms with van der Waals surface area (Å²) in [6, 6.07) is 19.2. The molecule has 1 aromatic heterocycles. The zero-order chi connectivity index (χ0) is 15.0. The van der Waals surface area contributed by atoms with Crippen LogP contribution in [0.1, 0.15) is 42.1 Å². The van der Waals surface area contributed by atoms with Crippen LogP contribution in [0.4, 0.5) is 0 Å². The number of benzene rings is 2. The van der Waals surface area contributed by atoms with Gasteiger partial charge in [-0.1, -0.05) is 63.2 Å². The van der Waals surface area contributed by atoms with Crippen LogP contribution in [0.2, 0.25) is 0 Å². The summed E-state index contributed by atoms with van der Waals surface area (Å²) in [6.07, 6.45) is 0. The molecular weight excluding hydrogens is 274 g/mol. The van der Waals surface area contributed by atoms with Crippen LogP contribution in [0.25, 0.3) is 10.8 Å². The van der Waals surface area contributed by atoms with Gasteiger partial charge in [0.05, 0.1) is 6.04 Å². The van der Waals surface area contributed by atoms with E-state index in [1.807, 2.05) is 11.3 Å². The molecule has 0 spiro atoms. The molecule has 1 nitrogen and oxygen atoms in total. The van der Waals surface area contributed by atoms with Crippen LogP contribution in [-0.2, 0) is 5.41 Å². The third kappa shape index (κ3) is 2.74. The lowest BCUT2D eigenvalue weighted by Gasteiger charge is -2.16. The van der Waals surface area contributed by atoms with E-state index in [1.165, 1.54) is 26.1 Å². The van der Waals surface area contributed by atoms with Crippen molar-refractivity contribution in [2.75, 3.05) is 0 Å². The summed E-state index contributed by atoms with van der Waals surface area (Å²) in [4.78, 5) is 2.62. The molecule has 0 saturated heterocycles. The van der Waals surface area contributed by atoms with E-state index >= 15 is 0 Å². The fourth-order valence-electron chi connectivity index (χ4n) is 2.60. The Bertz CT molecular complexity index is 759. The van der Waals surface area contributed by atoms with Gasteiger partial charge in [-0.05, 0) is 33.9 Å². The molecule has 3 rings (SSSR count). The monoisotopic (exact) mass is 295 g/mol. The highest BCUT2D eigenvalue weighted by molar-refractivity contribution is 7.12. The molecule has 0 aliphatic carbocycles. The third-order valence-corrected chi connectivity index (χ3v) is 5.43. The predicted molar refractivity (Wildman–Crippen MR) is 93.0 cm³/mol. The largest absolute Gasteiger partial charge is 0.320 e. The molecule has 0 fully saturated rings. The molecule has 2 aromatic carbocycles. The number of rotatable bonds is 2. The van der Waals surface area contributed by atoms with Gasteiger partial charge in [0.25, 0.3) is 0 Å². The Balaban J connectivity index is 2.05. The highest BCUT2D eigenvalue weighted by Crippen LogP contribution is 2.35. The minimum Gasteiger partial charge on any atom is -0.320 e. The van der Waals surface area contributed by atoms with Crippen LogP contribution < -0.4 is 5.73 Å². The summed E-state index contributed by atoms with van der Waals surface area (Å²) in [5.74, 6) is 0. The molecule has 108 valence electrons. The van der Waals surface area contributed by atoms with Crippen LogP contribution in [-0.4, -0.2) is 0 Å². The first-order valence-electron chi connectivity index (χ1n) is 7.30. The highest BCUT2D eigenvalue weighted by atomic mass is 32.1. The summed E-state index contributed by atoms with van der Waals surface area (Å²) < 4.78 is 0. The van der Waals surface area contributed by atoms with Gasteiger partial charge in [0, 0.05) is 9.75 Å². The van der Waals surface area contributed by atoms with Crippen molar-refractivity contribution < 1.29 is 0 Å². The molecule has 1 atom stereocenters. The fraction of sp³-hybridized carbons (Fsp3) is 0.263. The predicted octanol–water partition coefficient (Wildman–Crippen LogP) is 5.25. The van der Waals surface area contributed by atoms with Crippen LogP contribution >= 0.6 is 11.3 Å². The smallest absolute Gasteiger partial charge is 0.0652 e. The Morgan fingerprint density at radius 1 is 0.905 bits per heavy atom. The van der Waals surface area contributed by atoms with Crippen molar-refractivity contribution in [3.8, 4) is 0 Å². The van der Waals surface area contributed by atoms with Gasteiger partial charge in [0.2, 0.25) is 0 Å². The molecule has 2 heteroatoms. The van der Waals surface area contributed by atoms with Crippen molar-refractivity contribution in [1.82, 2.24) is 0 Å². The Hall–Kier alpha value is -1.64. The lowest BCUT2D eigenvalue weighted by atomic mass is 9.94. The average Bonchev–Trinajstić information content (AvgIpc) is 2.96. The minimum atomic E-state index is -0.0581. The second kappa shape index (κ2) is 5.28. The van der Waals surface area contributed by atoms with Crippen molar-refractivity contribution in [3.05, 3.63) is 69.9 Å². The van der Waals surface area contributed by atoms with Gasteiger partial charge in [0.15, 0.2) is 0 Å². The maximum Gasteiger partial charge on any atom is 0.0652 e. The SMILES string of the molecule is CC(C)(C)c1ccc(C(N)c2cccc3ccccc23)s1. The quantitative estimate of drug-likeness (QED) is 0.687. The summed E-state index contributed by atoms with van der Waals surface area (Å²) in [7, 11) is 0. The zero-order valence-electron chi connectivity index (χ0n) is 12.8. The van der Waals surface area contributed by atoms with Gasteiger partial charge < -0.3 is 5.73 Å². The first-order chi connectivity index (χ1) is 9.97. The van der Waals surface area contributed by atoms with Crippen LogP contribution in [0, 0.1) is 0 Å². The lowest BCUT2D eigenvalue weighted by molar-refractivity contribution is 0.604. The Labute approximate surface area is 130 Å². The third-order valence-electron chi connectivity index (χ3n) is 3.83. The standard InChI is InChI=1S/C19H21NS/c1-19(2,3)17-12-11-16(21-17)18(20)15-10-6-8-13-7-4-5-9-14(13)15/h4-12,18H,20H2,1-3H3. The van der Waals surface area contributed by atoms with Gasteiger partial charge in [-0.2, -0.15) is 0 Å². The van der Waals surface area contributed by atoms with Gasteiger partial charge in [-0.3, -0.25) is 0 Å². The van der Waals surface area contributed by atoms with Crippen molar-refractivity contribution >= 4 is 22.1 Å². The first-order valence-corrected chi connectivity index (χ1v) is 8.12. The van der Waals surface area contributed by atoms with Crippen molar-refractivity contribution in [3.63, 3.8) is 0 Å². The van der Waals surface area contributed by atoms with Crippen LogP contribution in [0.15, 0.2) is 54.6 Å². The summed E-state index contributed by atoms with van der Waals surface area (Å²) >= 11 is 1.83. The molecule has 2 N–H and O–H groups in total. The molecule has 0 aliphatic rings. The topological polar surface area (TPSA) is 26.0 Å². The fourth-order valence-corrected chi connectivity index (χ4v) is 3.68. The molecule has 1 heterocycles. The average molecular weight is 295 g/mol. The second-order valence-corrected chi connectivity index (χ2v) is 7.61. The molecule has 1 unspecified atom stereocenters. The minimum absolute atomic E-state index is 0.0581.